The summed E-state index contributed by atoms with van der Waals surface area (Å²) in [5, 5.41) is 2.79. The van der Waals surface area contributed by atoms with Crippen LogP contribution < -0.4 is 10.2 Å². The van der Waals surface area contributed by atoms with E-state index in [2.05, 4.69) is 5.32 Å². The number of nitrogens with one attached hydrogen (secondary N) is 1. The fraction of sp³-hybridized carbons (Fsp3) is 0.192. The van der Waals surface area contributed by atoms with Gasteiger partial charge in [-0.2, -0.15) is 0 Å². The molecule has 0 bridgehead atoms. The van der Waals surface area contributed by atoms with E-state index in [1.807, 2.05) is 97.9 Å². The fourth-order valence-corrected chi connectivity index (χ4v) is 3.24. The topological polar surface area (TPSA) is 75.7 Å². The predicted molar refractivity (Wildman–Crippen MR) is 123 cm³/mol. The van der Waals surface area contributed by atoms with E-state index in [1.165, 1.54) is 0 Å². The van der Waals surface area contributed by atoms with Crippen LogP contribution in [-0.2, 0) is 19.1 Å². The van der Waals surface area contributed by atoms with Gasteiger partial charge in [0.15, 0.2) is 6.61 Å². The number of esters is 1. The number of ether oxygens (including phenoxy) is 1. The Bertz CT molecular complexity index is 984. The Balaban J connectivity index is 1.50. The van der Waals surface area contributed by atoms with Crippen molar-refractivity contribution in [1.29, 1.82) is 0 Å². The fourth-order valence-electron chi connectivity index (χ4n) is 3.24. The normalized spacial score (nSPS) is 11.3. The van der Waals surface area contributed by atoms with Gasteiger partial charge in [-0.25, -0.2) is 0 Å². The summed E-state index contributed by atoms with van der Waals surface area (Å²) >= 11 is 0. The molecule has 0 aliphatic carbocycles. The standard InChI is InChI=1S/C26H26N2O4/c1-20(21-11-5-2-6-12-21)27-24(29)19-32-26(31)18-17-25(30)28(22-13-7-3-8-14-22)23-15-9-4-10-16-23/h2-16,20H,17-19H2,1H3,(H,27,29)/t20-/m1/s1. The number of nitrogens with zero attached hydrogens (tertiary/aromatic N) is 1. The van der Waals surface area contributed by atoms with Crippen molar-refractivity contribution in [3.8, 4) is 0 Å². The number of rotatable bonds is 9. The summed E-state index contributed by atoms with van der Waals surface area (Å²) in [4.78, 5) is 38.7. The zero-order valence-electron chi connectivity index (χ0n) is 17.9. The van der Waals surface area contributed by atoms with Gasteiger partial charge in [0.2, 0.25) is 5.91 Å². The lowest BCUT2D eigenvalue weighted by molar-refractivity contribution is -0.149. The van der Waals surface area contributed by atoms with E-state index in [9.17, 15) is 14.4 Å². The molecule has 0 aliphatic rings. The Morgan fingerprint density at radius 3 is 1.81 bits per heavy atom. The SMILES string of the molecule is C[C@@H](NC(=O)COC(=O)CCC(=O)N(c1ccccc1)c1ccccc1)c1ccccc1. The second-order valence-electron chi connectivity index (χ2n) is 7.26. The molecule has 0 heterocycles. The molecule has 3 rings (SSSR count). The van der Waals surface area contributed by atoms with E-state index in [-0.39, 0.29) is 31.4 Å². The molecule has 6 heteroatoms. The summed E-state index contributed by atoms with van der Waals surface area (Å²) in [7, 11) is 0. The third-order valence-electron chi connectivity index (χ3n) is 4.86. The van der Waals surface area contributed by atoms with Crippen molar-refractivity contribution in [2.75, 3.05) is 11.5 Å². The van der Waals surface area contributed by atoms with Crippen LogP contribution in [0.3, 0.4) is 0 Å². The molecule has 0 spiro atoms. The van der Waals surface area contributed by atoms with Crippen LogP contribution in [0.4, 0.5) is 11.4 Å². The number of anilines is 2. The Hall–Kier alpha value is -3.93. The molecule has 32 heavy (non-hydrogen) atoms. The number of benzene rings is 3. The molecule has 0 fully saturated rings. The minimum Gasteiger partial charge on any atom is -0.456 e. The maximum Gasteiger partial charge on any atom is 0.306 e. The van der Waals surface area contributed by atoms with Crippen molar-refractivity contribution in [2.24, 2.45) is 0 Å². The Labute approximate surface area is 187 Å². The second kappa shape index (κ2) is 11.5. The first kappa shape index (κ1) is 22.7. The monoisotopic (exact) mass is 430 g/mol. The smallest absolute Gasteiger partial charge is 0.306 e. The van der Waals surface area contributed by atoms with Gasteiger partial charge in [0, 0.05) is 17.8 Å². The summed E-state index contributed by atoms with van der Waals surface area (Å²) < 4.78 is 5.06. The van der Waals surface area contributed by atoms with E-state index in [0.29, 0.717) is 11.4 Å². The molecule has 0 aliphatic heterocycles. The molecule has 0 aromatic heterocycles. The van der Waals surface area contributed by atoms with E-state index < -0.39 is 11.9 Å². The summed E-state index contributed by atoms with van der Waals surface area (Å²) in [6.07, 6.45) is -0.152. The summed E-state index contributed by atoms with van der Waals surface area (Å²) in [6.45, 7) is 1.47. The van der Waals surface area contributed by atoms with Gasteiger partial charge in [-0.05, 0) is 36.8 Å². The number of carbonyl (C=O) groups excluding carboxylic acids is 3. The van der Waals surface area contributed by atoms with Crippen molar-refractivity contribution < 1.29 is 19.1 Å². The van der Waals surface area contributed by atoms with Crippen LogP contribution in [-0.4, -0.2) is 24.4 Å². The lowest BCUT2D eigenvalue weighted by atomic mass is 10.1. The van der Waals surface area contributed by atoms with E-state index in [0.717, 1.165) is 5.56 Å². The van der Waals surface area contributed by atoms with Gasteiger partial charge >= 0.3 is 5.97 Å². The number of hydrogen-bond donors (Lipinski definition) is 1. The maximum atomic E-state index is 12.9. The highest BCUT2D eigenvalue weighted by molar-refractivity contribution is 6.01. The molecule has 2 amide bonds. The minimum atomic E-state index is -0.595. The first-order valence-electron chi connectivity index (χ1n) is 10.5. The van der Waals surface area contributed by atoms with Crippen LogP contribution in [0.25, 0.3) is 0 Å². The molecule has 3 aromatic rings. The van der Waals surface area contributed by atoms with Gasteiger partial charge in [-0.15, -0.1) is 0 Å². The highest BCUT2D eigenvalue weighted by Gasteiger charge is 2.19. The molecule has 0 radical (unpaired) electrons. The van der Waals surface area contributed by atoms with E-state index in [4.69, 9.17) is 4.74 Å². The average Bonchev–Trinajstić information content (AvgIpc) is 2.83. The molecular weight excluding hydrogens is 404 g/mol. The van der Waals surface area contributed by atoms with Gasteiger partial charge in [0.25, 0.3) is 5.91 Å². The molecule has 1 atom stereocenters. The first-order valence-corrected chi connectivity index (χ1v) is 10.5. The van der Waals surface area contributed by atoms with Gasteiger partial charge in [-0.3, -0.25) is 19.3 Å². The van der Waals surface area contributed by atoms with Gasteiger partial charge in [0.05, 0.1) is 12.5 Å². The third-order valence-corrected chi connectivity index (χ3v) is 4.86. The van der Waals surface area contributed by atoms with Crippen LogP contribution >= 0.6 is 0 Å². The van der Waals surface area contributed by atoms with Gasteiger partial charge < -0.3 is 10.1 Å². The molecule has 164 valence electrons. The van der Waals surface area contributed by atoms with Crippen molar-refractivity contribution in [3.05, 3.63) is 96.6 Å². The number of amides is 2. The Morgan fingerprint density at radius 2 is 1.28 bits per heavy atom. The highest BCUT2D eigenvalue weighted by atomic mass is 16.5. The summed E-state index contributed by atoms with van der Waals surface area (Å²) in [5.74, 6) is -1.22. The van der Waals surface area contributed by atoms with Crippen LogP contribution in [0.2, 0.25) is 0 Å². The molecule has 0 saturated heterocycles. The minimum absolute atomic E-state index is 0.0370. The molecule has 1 N–H and O–H groups in total. The number of para-hydroxylation sites is 2. The van der Waals surface area contributed by atoms with E-state index >= 15 is 0 Å². The average molecular weight is 431 g/mol. The Kier molecular flexibility index (Phi) is 8.15. The third kappa shape index (κ3) is 6.54. The van der Waals surface area contributed by atoms with Crippen molar-refractivity contribution in [1.82, 2.24) is 5.32 Å². The lowest BCUT2D eigenvalue weighted by Crippen LogP contribution is -2.31. The Morgan fingerprint density at radius 1 is 0.781 bits per heavy atom. The van der Waals surface area contributed by atoms with Crippen molar-refractivity contribution in [3.63, 3.8) is 0 Å². The quantitative estimate of drug-likeness (QED) is 0.505. The maximum absolute atomic E-state index is 12.9. The van der Waals surface area contributed by atoms with Crippen molar-refractivity contribution >= 4 is 29.2 Å². The van der Waals surface area contributed by atoms with Crippen LogP contribution in [0.5, 0.6) is 0 Å². The van der Waals surface area contributed by atoms with Gasteiger partial charge in [0.1, 0.15) is 0 Å². The predicted octanol–water partition coefficient (Wildman–Crippen LogP) is 4.55. The first-order chi connectivity index (χ1) is 15.5. The van der Waals surface area contributed by atoms with Crippen molar-refractivity contribution in [2.45, 2.75) is 25.8 Å². The molecule has 0 unspecified atom stereocenters. The molecule has 3 aromatic carbocycles. The zero-order valence-corrected chi connectivity index (χ0v) is 17.9. The lowest BCUT2D eigenvalue weighted by Gasteiger charge is -2.23. The largest absolute Gasteiger partial charge is 0.456 e. The van der Waals surface area contributed by atoms with Crippen LogP contribution in [0.1, 0.15) is 31.4 Å². The summed E-state index contributed by atoms with van der Waals surface area (Å²) in [5.41, 5.74) is 2.39. The zero-order chi connectivity index (χ0) is 22.8. The molecule has 6 nitrogen and oxygen atoms in total. The molecular formula is C26H26N2O4. The van der Waals surface area contributed by atoms with E-state index in [1.54, 1.807) is 4.90 Å². The second-order valence-corrected chi connectivity index (χ2v) is 7.26. The van der Waals surface area contributed by atoms with Gasteiger partial charge in [-0.1, -0.05) is 66.7 Å². The molecule has 0 saturated carbocycles. The number of hydrogen-bond acceptors (Lipinski definition) is 4. The van der Waals surface area contributed by atoms with Crippen LogP contribution in [0.15, 0.2) is 91.0 Å². The number of carbonyl (C=O) groups is 3. The highest BCUT2D eigenvalue weighted by Crippen LogP contribution is 2.26. The summed E-state index contributed by atoms with van der Waals surface area (Å²) in [6, 6.07) is 27.8. The van der Waals surface area contributed by atoms with Crippen LogP contribution in [0, 0.1) is 0 Å².